The van der Waals surface area contributed by atoms with Gasteiger partial charge in [0.1, 0.15) is 5.75 Å². The van der Waals surface area contributed by atoms with E-state index in [1.165, 1.54) is 0 Å². The van der Waals surface area contributed by atoms with Gasteiger partial charge in [-0.2, -0.15) is 0 Å². The molecular weight excluding hydrogens is 242 g/mol. The number of aromatic hydroxyl groups is 1. The van der Waals surface area contributed by atoms with Crippen molar-refractivity contribution < 1.29 is 15.0 Å². The molecule has 1 amide bonds. The summed E-state index contributed by atoms with van der Waals surface area (Å²) >= 11 is 0. The quantitative estimate of drug-likeness (QED) is 0.781. The molecule has 0 radical (unpaired) electrons. The minimum atomic E-state index is -0.229. The fourth-order valence-electron chi connectivity index (χ4n) is 2.52. The predicted molar refractivity (Wildman–Crippen MR) is 73.1 cm³/mol. The number of phenols is 1. The Balaban J connectivity index is 1.89. The van der Waals surface area contributed by atoms with Crippen LogP contribution in [-0.4, -0.2) is 28.8 Å². The summed E-state index contributed by atoms with van der Waals surface area (Å²) in [5, 5.41) is 22.1. The molecule has 104 valence electrons. The summed E-state index contributed by atoms with van der Waals surface area (Å²) in [4.78, 5) is 12.0. The molecule has 3 N–H and O–H groups in total. The van der Waals surface area contributed by atoms with Crippen LogP contribution in [0.3, 0.4) is 0 Å². The van der Waals surface area contributed by atoms with Crippen molar-refractivity contribution in [2.24, 2.45) is 5.92 Å². The number of nitrogens with one attached hydrogen (secondary N) is 1. The first kappa shape index (κ1) is 13.9. The molecule has 1 fully saturated rings. The van der Waals surface area contributed by atoms with Gasteiger partial charge in [-0.1, -0.05) is 12.1 Å². The molecular formula is C15H21NO3. The summed E-state index contributed by atoms with van der Waals surface area (Å²) in [7, 11) is 0. The summed E-state index contributed by atoms with van der Waals surface area (Å²) in [6, 6.07) is 5.16. The Hall–Kier alpha value is -1.55. The van der Waals surface area contributed by atoms with Gasteiger partial charge >= 0.3 is 0 Å². The minimum Gasteiger partial charge on any atom is -0.507 e. The zero-order valence-electron chi connectivity index (χ0n) is 11.2. The summed E-state index contributed by atoms with van der Waals surface area (Å²) in [6.07, 6.45) is 3.35. The highest BCUT2D eigenvalue weighted by Gasteiger charge is 2.20. The third-order valence-corrected chi connectivity index (χ3v) is 3.85. The van der Waals surface area contributed by atoms with Crippen molar-refractivity contribution in [1.82, 2.24) is 5.32 Å². The van der Waals surface area contributed by atoms with E-state index in [1.807, 2.05) is 0 Å². The smallest absolute Gasteiger partial charge is 0.255 e. The number of hydrogen-bond acceptors (Lipinski definition) is 3. The molecule has 19 heavy (non-hydrogen) atoms. The summed E-state index contributed by atoms with van der Waals surface area (Å²) in [6.45, 7) is 2.38. The number of aryl methyl sites for hydroxylation is 1. The van der Waals surface area contributed by atoms with Crippen LogP contribution in [0, 0.1) is 12.8 Å². The molecule has 1 aromatic carbocycles. The second-order valence-electron chi connectivity index (χ2n) is 5.36. The van der Waals surface area contributed by atoms with Crippen LogP contribution in [0.5, 0.6) is 5.75 Å². The number of amides is 1. The van der Waals surface area contributed by atoms with Crippen molar-refractivity contribution in [1.29, 1.82) is 0 Å². The van der Waals surface area contributed by atoms with Gasteiger partial charge in [-0.3, -0.25) is 4.79 Å². The van der Waals surface area contributed by atoms with Gasteiger partial charge in [0.2, 0.25) is 0 Å². The van der Waals surface area contributed by atoms with E-state index in [4.69, 9.17) is 0 Å². The van der Waals surface area contributed by atoms with Crippen LogP contribution in [0.1, 0.15) is 41.6 Å². The van der Waals surface area contributed by atoms with Crippen LogP contribution < -0.4 is 5.32 Å². The Kier molecular flexibility index (Phi) is 4.43. The molecule has 0 unspecified atom stereocenters. The molecule has 1 saturated carbocycles. The Morgan fingerprint density at radius 1 is 1.32 bits per heavy atom. The molecule has 1 aliphatic rings. The molecule has 4 heteroatoms. The van der Waals surface area contributed by atoms with E-state index in [0.717, 1.165) is 25.7 Å². The van der Waals surface area contributed by atoms with Crippen molar-refractivity contribution in [3.05, 3.63) is 29.3 Å². The fraction of sp³-hybridized carbons (Fsp3) is 0.533. The molecule has 0 bridgehead atoms. The number of aliphatic hydroxyl groups excluding tert-OH is 1. The number of hydrogen-bond donors (Lipinski definition) is 3. The lowest BCUT2D eigenvalue weighted by Gasteiger charge is -2.25. The summed E-state index contributed by atoms with van der Waals surface area (Å²) in [5.41, 5.74) is 1.03. The normalized spacial score (nSPS) is 23.1. The van der Waals surface area contributed by atoms with Gasteiger partial charge in [0.05, 0.1) is 11.7 Å². The van der Waals surface area contributed by atoms with Gasteiger partial charge in [0.25, 0.3) is 5.91 Å². The summed E-state index contributed by atoms with van der Waals surface area (Å²) in [5.74, 6) is 0.255. The number of para-hydroxylation sites is 1. The van der Waals surface area contributed by atoms with E-state index in [1.54, 1.807) is 25.1 Å². The van der Waals surface area contributed by atoms with Crippen LogP contribution in [-0.2, 0) is 0 Å². The van der Waals surface area contributed by atoms with Crippen LogP contribution in [0.4, 0.5) is 0 Å². The minimum absolute atomic E-state index is 0.0547. The van der Waals surface area contributed by atoms with Crippen LogP contribution in [0.25, 0.3) is 0 Å². The molecule has 0 spiro atoms. The lowest BCUT2D eigenvalue weighted by molar-refractivity contribution is 0.0908. The van der Waals surface area contributed by atoms with Crippen LogP contribution >= 0.6 is 0 Å². The average Bonchev–Trinajstić information content (AvgIpc) is 2.41. The molecule has 4 nitrogen and oxygen atoms in total. The first-order valence-electron chi connectivity index (χ1n) is 6.82. The Morgan fingerprint density at radius 3 is 2.68 bits per heavy atom. The van der Waals surface area contributed by atoms with Crippen molar-refractivity contribution >= 4 is 5.91 Å². The van der Waals surface area contributed by atoms with E-state index in [9.17, 15) is 15.0 Å². The largest absolute Gasteiger partial charge is 0.507 e. The Bertz CT molecular complexity index is 451. The number of carbonyl (C=O) groups excluding carboxylic acids is 1. The predicted octanol–water partition coefficient (Wildman–Crippen LogP) is 1.98. The van der Waals surface area contributed by atoms with Gasteiger partial charge in [-0.25, -0.2) is 0 Å². The van der Waals surface area contributed by atoms with E-state index in [0.29, 0.717) is 23.6 Å². The zero-order valence-corrected chi connectivity index (χ0v) is 11.2. The van der Waals surface area contributed by atoms with E-state index >= 15 is 0 Å². The molecule has 1 aromatic rings. The third kappa shape index (κ3) is 3.47. The van der Waals surface area contributed by atoms with Crippen molar-refractivity contribution in [2.75, 3.05) is 6.54 Å². The van der Waals surface area contributed by atoms with Crippen LogP contribution in [0.2, 0.25) is 0 Å². The lowest BCUT2D eigenvalue weighted by Crippen LogP contribution is -2.32. The molecule has 0 aliphatic heterocycles. The van der Waals surface area contributed by atoms with Gasteiger partial charge in [0.15, 0.2) is 0 Å². The first-order chi connectivity index (χ1) is 9.08. The molecule has 0 saturated heterocycles. The van der Waals surface area contributed by atoms with Gasteiger partial charge < -0.3 is 15.5 Å². The highest BCUT2D eigenvalue weighted by atomic mass is 16.3. The highest BCUT2D eigenvalue weighted by Crippen LogP contribution is 2.24. The first-order valence-corrected chi connectivity index (χ1v) is 6.82. The summed E-state index contributed by atoms with van der Waals surface area (Å²) < 4.78 is 0. The van der Waals surface area contributed by atoms with E-state index < -0.39 is 0 Å². The number of benzene rings is 1. The maximum Gasteiger partial charge on any atom is 0.255 e. The maximum absolute atomic E-state index is 12.0. The fourth-order valence-corrected chi connectivity index (χ4v) is 2.52. The molecule has 0 aromatic heterocycles. The van der Waals surface area contributed by atoms with E-state index in [-0.39, 0.29) is 17.8 Å². The van der Waals surface area contributed by atoms with Crippen molar-refractivity contribution in [3.8, 4) is 5.75 Å². The topological polar surface area (TPSA) is 69.6 Å². The maximum atomic E-state index is 12.0. The zero-order chi connectivity index (χ0) is 13.8. The Labute approximate surface area is 113 Å². The molecule has 1 aliphatic carbocycles. The third-order valence-electron chi connectivity index (χ3n) is 3.85. The van der Waals surface area contributed by atoms with Gasteiger partial charge in [-0.05, 0) is 50.2 Å². The molecule has 2 rings (SSSR count). The van der Waals surface area contributed by atoms with Crippen molar-refractivity contribution in [3.63, 3.8) is 0 Å². The highest BCUT2D eigenvalue weighted by molar-refractivity contribution is 5.97. The monoisotopic (exact) mass is 263 g/mol. The van der Waals surface area contributed by atoms with Crippen molar-refractivity contribution in [2.45, 2.75) is 38.7 Å². The lowest BCUT2D eigenvalue weighted by atomic mass is 9.87. The number of phenolic OH excluding ortho intramolecular Hbond substituents is 1. The standard InChI is InChI=1S/C15H21NO3/c1-10-3-2-4-13(14(10)18)15(19)16-9-11-5-7-12(17)8-6-11/h2-4,11-12,17-18H,5-9H2,1H3,(H,16,19). The SMILES string of the molecule is Cc1cccc(C(=O)NCC2CCC(O)CC2)c1O. The van der Waals surface area contributed by atoms with Crippen LogP contribution in [0.15, 0.2) is 18.2 Å². The molecule has 0 heterocycles. The number of carbonyl (C=O) groups is 1. The van der Waals surface area contributed by atoms with Gasteiger partial charge in [-0.15, -0.1) is 0 Å². The number of rotatable bonds is 3. The Morgan fingerprint density at radius 2 is 2.00 bits per heavy atom. The second-order valence-corrected chi connectivity index (χ2v) is 5.36. The number of aliphatic hydroxyl groups is 1. The second kappa shape index (κ2) is 6.06. The van der Waals surface area contributed by atoms with E-state index in [2.05, 4.69) is 5.32 Å². The van der Waals surface area contributed by atoms with Gasteiger partial charge in [0, 0.05) is 6.54 Å². The average molecular weight is 263 g/mol. The molecule has 0 atom stereocenters.